The Morgan fingerprint density at radius 1 is 1.00 bits per heavy atom. The molecule has 7 heteroatoms. The fourth-order valence-electron chi connectivity index (χ4n) is 3.73. The van der Waals surface area contributed by atoms with Crippen molar-refractivity contribution in [2.24, 2.45) is 0 Å². The van der Waals surface area contributed by atoms with Crippen molar-refractivity contribution in [3.05, 3.63) is 59.7 Å². The molecule has 6 nitrogen and oxygen atoms in total. The number of carbonyl (C=O) groups excluding carboxylic acids is 3. The second-order valence-electron chi connectivity index (χ2n) is 8.57. The lowest BCUT2D eigenvalue weighted by molar-refractivity contribution is -0.145. The number of nitrogens with one attached hydrogen (secondary N) is 1. The van der Waals surface area contributed by atoms with E-state index in [4.69, 9.17) is 9.47 Å². The van der Waals surface area contributed by atoms with Crippen LogP contribution in [0.5, 0.6) is 0 Å². The second-order valence-corrected chi connectivity index (χ2v) is 9.83. The SMILES string of the molecule is CCSC(=O)[C@H](CC(=O)OCC1c2ccccc2-c2ccccc21)NC(=O)OC(C)(C)C. The van der Waals surface area contributed by atoms with Crippen LogP contribution in [0.3, 0.4) is 0 Å². The third-order valence-electron chi connectivity index (χ3n) is 5.01. The molecule has 0 spiro atoms. The Kier molecular flexibility index (Phi) is 7.61. The van der Waals surface area contributed by atoms with Crippen molar-refractivity contribution in [2.45, 2.75) is 51.7 Å². The first kappa shape index (κ1) is 23.9. The number of ether oxygens (including phenoxy) is 2. The summed E-state index contributed by atoms with van der Waals surface area (Å²) >= 11 is 1.05. The van der Waals surface area contributed by atoms with Crippen LogP contribution in [0.1, 0.15) is 51.2 Å². The number of benzene rings is 2. The zero-order valence-corrected chi connectivity index (χ0v) is 19.7. The van der Waals surface area contributed by atoms with Crippen molar-refractivity contribution >= 4 is 28.9 Å². The number of hydrogen-bond acceptors (Lipinski definition) is 6. The summed E-state index contributed by atoms with van der Waals surface area (Å²) in [5.41, 5.74) is 3.80. The van der Waals surface area contributed by atoms with Gasteiger partial charge in [-0.1, -0.05) is 67.2 Å². The van der Waals surface area contributed by atoms with Crippen LogP contribution in [-0.4, -0.2) is 41.2 Å². The average molecular weight is 456 g/mol. The molecule has 32 heavy (non-hydrogen) atoms. The molecule has 170 valence electrons. The highest BCUT2D eigenvalue weighted by molar-refractivity contribution is 8.13. The van der Waals surface area contributed by atoms with Crippen molar-refractivity contribution in [3.63, 3.8) is 0 Å². The first-order valence-corrected chi connectivity index (χ1v) is 11.7. The van der Waals surface area contributed by atoms with E-state index in [9.17, 15) is 14.4 Å². The fraction of sp³-hybridized carbons (Fsp3) is 0.400. The maximum absolute atomic E-state index is 12.6. The minimum atomic E-state index is -1.01. The molecule has 1 atom stereocenters. The molecule has 1 N–H and O–H groups in total. The molecule has 0 radical (unpaired) electrons. The molecule has 0 aromatic heterocycles. The minimum absolute atomic E-state index is 0.0654. The standard InChI is InChI=1S/C25H29NO5S/c1-5-32-23(28)21(26-24(29)31-25(2,3)4)14-22(27)30-15-20-18-12-8-6-10-16(18)17-11-7-9-13-19(17)20/h6-13,20-21H,5,14-15H2,1-4H3,(H,26,29)/t21-/m0/s1. The summed E-state index contributed by atoms with van der Waals surface area (Å²) < 4.78 is 10.8. The lowest BCUT2D eigenvalue weighted by atomic mass is 9.98. The van der Waals surface area contributed by atoms with Gasteiger partial charge in [0.2, 0.25) is 5.12 Å². The molecule has 0 aliphatic heterocycles. The Labute approximate surface area is 193 Å². The van der Waals surface area contributed by atoms with Gasteiger partial charge in [0.25, 0.3) is 0 Å². The number of carbonyl (C=O) groups is 3. The normalized spacial score (nSPS) is 13.6. The molecule has 3 rings (SSSR count). The summed E-state index contributed by atoms with van der Waals surface area (Å²) in [5, 5.41) is 2.22. The molecule has 1 amide bonds. The van der Waals surface area contributed by atoms with E-state index in [2.05, 4.69) is 17.4 Å². The Bertz CT molecular complexity index is 952. The van der Waals surface area contributed by atoms with Gasteiger partial charge < -0.3 is 14.8 Å². The number of fused-ring (bicyclic) bond motifs is 3. The van der Waals surface area contributed by atoms with Crippen LogP contribution in [0.2, 0.25) is 0 Å². The van der Waals surface area contributed by atoms with Crippen LogP contribution >= 0.6 is 11.8 Å². The first-order valence-electron chi connectivity index (χ1n) is 10.7. The number of thioether (sulfide) groups is 1. The molecule has 0 saturated carbocycles. The molecular formula is C25H29NO5S. The smallest absolute Gasteiger partial charge is 0.408 e. The predicted octanol–water partition coefficient (Wildman–Crippen LogP) is 4.91. The van der Waals surface area contributed by atoms with Gasteiger partial charge in [-0.2, -0.15) is 0 Å². The Balaban J connectivity index is 1.66. The zero-order valence-electron chi connectivity index (χ0n) is 18.8. The first-order chi connectivity index (χ1) is 15.2. The predicted molar refractivity (Wildman–Crippen MR) is 126 cm³/mol. The van der Waals surface area contributed by atoms with E-state index in [1.165, 1.54) is 0 Å². The van der Waals surface area contributed by atoms with E-state index in [-0.39, 0.29) is 24.1 Å². The van der Waals surface area contributed by atoms with Gasteiger partial charge in [0.05, 0.1) is 6.42 Å². The van der Waals surface area contributed by atoms with Gasteiger partial charge in [-0.3, -0.25) is 9.59 Å². The number of alkyl carbamates (subject to hydrolysis) is 1. The number of hydrogen-bond donors (Lipinski definition) is 1. The van der Waals surface area contributed by atoms with Crippen LogP contribution in [0.15, 0.2) is 48.5 Å². The Hall–Kier alpha value is -2.80. The van der Waals surface area contributed by atoms with E-state index in [1.54, 1.807) is 20.8 Å². The van der Waals surface area contributed by atoms with Gasteiger partial charge in [0, 0.05) is 5.92 Å². The summed E-state index contributed by atoms with van der Waals surface area (Å²) in [4.78, 5) is 37.2. The molecule has 0 heterocycles. The van der Waals surface area contributed by atoms with Crippen molar-refractivity contribution in [3.8, 4) is 11.1 Å². The Morgan fingerprint density at radius 2 is 1.56 bits per heavy atom. The highest BCUT2D eigenvalue weighted by atomic mass is 32.2. The van der Waals surface area contributed by atoms with Crippen LogP contribution in [-0.2, 0) is 19.1 Å². The topological polar surface area (TPSA) is 81.7 Å². The van der Waals surface area contributed by atoms with Crippen LogP contribution in [0.25, 0.3) is 11.1 Å². The van der Waals surface area contributed by atoms with Gasteiger partial charge in [-0.15, -0.1) is 0 Å². The average Bonchev–Trinajstić information content (AvgIpc) is 3.04. The third kappa shape index (κ3) is 5.91. The maximum atomic E-state index is 12.6. The molecule has 0 unspecified atom stereocenters. The van der Waals surface area contributed by atoms with E-state index >= 15 is 0 Å². The lowest BCUT2D eigenvalue weighted by Crippen LogP contribution is -2.44. The van der Waals surface area contributed by atoms with Gasteiger partial charge in [0.15, 0.2) is 0 Å². The van der Waals surface area contributed by atoms with E-state index in [0.717, 1.165) is 34.0 Å². The van der Waals surface area contributed by atoms with Crippen LogP contribution < -0.4 is 5.32 Å². The summed E-state index contributed by atoms with van der Waals surface area (Å²) in [6.07, 6.45) is -0.986. The maximum Gasteiger partial charge on any atom is 0.408 e. The molecule has 2 aromatic rings. The van der Waals surface area contributed by atoms with Gasteiger partial charge in [0.1, 0.15) is 18.2 Å². The van der Waals surface area contributed by atoms with Crippen LogP contribution in [0.4, 0.5) is 4.79 Å². The molecule has 0 fully saturated rings. The minimum Gasteiger partial charge on any atom is -0.465 e. The number of rotatable bonds is 7. The molecule has 2 aromatic carbocycles. The summed E-state index contributed by atoms with van der Waals surface area (Å²) in [5.74, 6) is -0.0713. The monoisotopic (exact) mass is 455 g/mol. The highest BCUT2D eigenvalue weighted by Gasteiger charge is 2.31. The second kappa shape index (κ2) is 10.2. The molecule has 1 aliphatic rings. The number of esters is 1. The van der Waals surface area contributed by atoms with E-state index in [0.29, 0.717) is 5.75 Å². The molecular weight excluding hydrogens is 426 g/mol. The quantitative estimate of drug-likeness (QED) is 0.598. The fourth-order valence-corrected chi connectivity index (χ4v) is 4.36. The zero-order chi connectivity index (χ0) is 23.3. The largest absolute Gasteiger partial charge is 0.465 e. The van der Waals surface area contributed by atoms with Crippen molar-refractivity contribution in [2.75, 3.05) is 12.4 Å². The van der Waals surface area contributed by atoms with E-state index < -0.39 is 23.7 Å². The van der Waals surface area contributed by atoms with E-state index in [1.807, 2.05) is 43.3 Å². The van der Waals surface area contributed by atoms with Gasteiger partial charge >= 0.3 is 12.1 Å². The van der Waals surface area contributed by atoms with Gasteiger partial charge in [-0.05, 0) is 48.8 Å². The van der Waals surface area contributed by atoms with Crippen molar-refractivity contribution in [1.82, 2.24) is 5.32 Å². The lowest BCUT2D eigenvalue weighted by Gasteiger charge is -2.22. The van der Waals surface area contributed by atoms with Gasteiger partial charge in [-0.25, -0.2) is 4.79 Å². The summed E-state index contributed by atoms with van der Waals surface area (Å²) in [6.45, 7) is 7.20. The summed E-state index contributed by atoms with van der Waals surface area (Å²) in [7, 11) is 0. The van der Waals surface area contributed by atoms with Crippen molar-refractivity contribution < 1.29 is 23.9 Å². The summed E-state index contributed by atoms with van der Waals surface area (Å²) in [6, 6.07) is 15.1. The molecule has 0 saturated heterocycles. The number of amides is 1. The van der Waals surface area contributed by atoms with Crippen molar-refractivity contribution in [1.29, 1.82) is 0 Å². The molecule has 1 aliphatic carbocycles. The third-order valence-corrected chi connectivity index (χ3v) is 5.86. The van der Waals surface area contributed by atoms with Crippen LogP contribution in [0, 0.1) is 0 Å². The molecule has 0 bridgehead atoms. The highest BCUT2D eigenvalue weighted by Crippen LogP contribution is 2.44. The Morgan fingerprint density at radius 3 is 2.09 bits per heavy atom.